The van der Waals surface area contributed by atoms with E-state index in [1.807, 2.05) is 191 Å². The van der Waals surface area contributed by atoms with Gasteiger partial charge in [-0.1, -0.05) is 111 Å². The Kier molecular flexibility index (Phi) is 48.7. The van der Waals surface area contributed by atoms with Crippen LogP contribution in [0.2, 0.25) is 0 Å². The van der Waals surface area contributed by atoms with Gasteiger partial charge >= 0.3 is 7.12 Å². The largest absolute Gasteiger partial charge is 0.495 e. The third kappa shape index (κ3) is 40.2. The summed E-state index contributed by atoms with van der Waals surface area (Å²) < 4.78 is 165. The SMILES string of the molecule is C.C=CCN(c1cc(Br)cnc1C)S(=O)(=O)/C=C/c1ccccc1.CC(=O)Nc1cc(-c2cnc(C)c(N3CC(N(C)C)CS3(=O)=O)c2)ccn1.CC(=O)Nc1cc(B2OC(C)(C)C(C)(C)O2)ccn1.CNC.Cc1ncc(Br)cc1CS(=O)(=O)/C=C/c1ccccc1.Cc1ncc(Br)cc1N.Cc1ncc(Br)cc1N1CC(N(C)C)CS1(=O)=O.Cc1ncc(Br)cc1N1CC=CS1(=O)=O.O=S(=O)(Cl)/C=C/c1ccccc1. The van der Waals surface area contributed by atoms with Gasteiger partial charge in [-0.15, -0.1) is 6.58 Å². The van der Waals surface area contributed by atoms with Crippen molar-refractivity contribution in [3.63, 3.8) is 0 Å². The van der Waals surface area contributed by atoms with E-state index >= 15 is 0 Å². The average molecular weight is 2470 g/mol. The highest BCUT2D eigenvalue weighted by Crippen LogP contribution is 2.39. The fourth-order valence-electron chi connectivity index (χ4n) is 13.2. The van der Waals surface area contributed by atoms with Crippen molar-refractivity contribution in [3.05, 3.63) is 320 Å². The zero-order valence-corrected chi connectivity index (χ0v) is 97.3. The molecule has 2 amide bonds. The molecule has 12 heterocycles. The zero-order valence-electron chi connectivity index (χ0n) is 83.7. The first-order valence-corrected chi connectivity index (χ1v) is 58.8. The summed E-state index contributed by atoms with van der Waals surface area (Å²) in [4.78, 5) is 59.4. The molecular formula is C100H123BBr5ClN18O16S6. The molecule has 147 heavy (non-hydrogen) atoms. The van der Waals surface area contributed by atoms with Crippen LogP contribution in [-0.2, 0) is 83.6 Å². The molecule has 0 saturated carbocycles. The van der Waals surface area contributed by atoms with Gasteiger partial charge in [-0.2, -0.15) is 0 Å². The van der Waals surface area contributed by atoms with E-state index in [0.717, 1.165) is 83.8 Å². The molecule has 3 fully saturated rings. The fraction of sp³-hybridized carbons (Fsp3) is 0.300. The van der Waals surface area contributed by atoms with E-state index in [0.29, 0.717) is 76.7 Å². The normalized spacial score (nSPS) is 15.9. The summed E-state index contributed by atoms with van der Waals surface area (Å²) in [5.74, 6) is 0.772. The summed E-state index contributed by atoms with van der Waals surface area (Å²) in [5.41, 5.74) is 17.8. The number of anilines is 7. The second kappa shape index (κ2) is 57.1. The molecule has 8 aromatic heterocycles. The average Bonchev–Trinajstić information content (AvgIpc) is 1.64. The number of carbonyl (C=O) groups is 2. The van der Waals surface area contributed by atoms with E-state index in [2.05, 4.69) is 142 Å². The molecule has 47 heteroatoms. The maximum Gasteiger partial charge on any atom is 0.495 e. The third-order valence-electron chi connectivity index (χ3n) is 21.7. The molecule has 3 aromatic carbocycles. The molecule has 2 unspecified atom stereocenters. The highest BCUT2D eigenvalue weighted by molar-refractivity contribution is 9.11. The molecular weight excluding hydrogens is 2350 g/mol. The molecule has 3 saturated heterocycles. The molecule has 11 aromatic rings. The lowest BCUT2D eigenvalue weighted by molar-refractivity contribution is -0.115. The molecule has 4 aliphatic rings. The number of likely N-dealkylation sites (N-methyl/N-ethyl adjacent to an activating group) is 2. The number of aromatic nitrogens is 8. The van der Waals surface area contributed by atoms with E-state index in [-0.39, 0.29) is 66.3 Å². The minimum atomic E-state index is -3.65. The van der Waals surface area contributed by atoms with Crippen LogP contribution < -0.4 is 44.4 Å². The Morgan fingerprint density at radius 3 is 1.33 bits per heavy atom. The van der Waals surface area contributed by atoms with Crippen LogP contribution in [0.1, 0.15) is 105 Å². The number of benzene rings is 3. The molecule has 0 spiro atoms. The summed E-state index contributed by atoms with van der Waals surface area (Å²) in [6.07, 6.45) is 21.1. The quantitative estimate of drug-likeness (QED) is 0.0295. The second-order valence-corrected chi connectivity index (χ2v) is 50.6. The number of nitrogens with two attached hydrogens (primary N) is 1. The molecule has 34 nitrogen and oxygen atoms in total. The van der Waals surface area contributed by atoms with E-state index < -0.39 is 66.1 Å². The van der Waals surface area contributed by atoms with Crippen LogP contribution in [0.25, 0.3) is 29.4 Å². The predicted octanol–water partition coefficient (Wildman–Crippen LogP) is 18.2. The Morgan fingerprint density at radius 2 is 0.912 bits per heavy atom. The maximum atomic E-state index is 12.7. The van der Waals surface area contributed by atoms with E-state index in [9.17, 15) is 60.1 Å². The van der Waals surface area contributed by atoms with Crippen molar-refractivity contribution in [3.8, 4) is 11.1 Å². The van der Waals surface area contributed by atoms with Crippen LogP contribution in [0.5, 0.6) is 0 Å². The topological polar surface area (TPSA) is 442 Å². The van der Waals surface area contributed by atoms with Crippen molar-refractivity contribution in [2.24, 2.45) is 0 Å². The predicted molar refractivity (Wildman–Crippen MR) is 613 cm³/mol. The third-order valence-corrected chi connectivity index (χ3v) is 32.5. The van der Waals surface area contributed by atoms with Crippen molar-refractivity contribution in [2.75, 3.05) is 114 Å². The molecule has 2 atom stereocenters. The van der Waals surface area contributed by atoms with Gasteiger partial charge in [0.25, 0.3) is 29.1 Å². The number of pyridine rings is 8. The minimum absolute atomic E-state index is 0. The van der Waals surface area contributed by atoms with E-state index in [1.165, 1.54) is 53.4 Å². The first-order chi connectivity index (χ1) is 68.3. The summed E-state index contributed by atoms with van der Waals surface area (Å²) in [6, 6.07) is 45.5. The summed E-state index contributed by atoms with van der Waals surface area (Å²) in [6.45, 7) is 26.8. The van der Waals surface area contributed by atoms with Gasteiger partial charge < -0.3 is 40.8 Å². The van der Waals surface area contributed by atoms with Crippen LogP contribution in [-0.4, -0.2) is 222 Å². The Bertz CT molecular complexity index is 7200. The fourth-order valence-corrected chi connectivity index (χ4v) is 23.0. The number of rotatable bonds is 21. The van der Waals surface area contributed by atoms with Gasteiger partial charge in [-0.3, -0.25) is 56.7 Å². The Labute approximate surface area is 912 Å². The number of nitrogens with zero attached hydrogens (tertiary/aromatic N) is 14. The highest BCUT2D eigenvalue weighted by Gasteiger charge is 2.52. The number of nitrogen functional groups attached to an aromatic ring is 1. The maximum absolute atomic E-state index is 12.7. The Hall–Kier alpha value is -10.2. The van der Waals surface area contributed by atoms with Crippen LogP contribution in [0.3, 0.4) is 0 Å². The van der Waals surface area contributed by atoms with Crippen molar-refractivity contribution in [1.29, 1.82) is 0 Å². The number of hydrogen-bond acceptors (Lipinski definition) is 28. The monoisotopic (exact) mass is 2460 g/mol. The first-order valence-electron chi connectivity index (χ1n) is 44.6. The number of halogens is 6. The number of sulfone groups is 1. The van der Waals surface area contributed by atoms with Crippen LogP contribution in [0.15, 0.2) is 264 Å². The highest BCUT2D eigenvalue weighted by atomic mass is 79.9. The van der Waals surface area contributed by atoms with Gasteiger partial charge in [0, 0.05) is 136 Å². The minimum Gasteiger partial charge on any atom is -0.399 e. The van der Waals surface area contributed by atoms with Crippen LogP contribution >= 0.6 is 90.3 Å². The molecule has 15 rings (SSSR count). The van der Waals surface area contributed by atoms with Crippen molar-refractivity contribution in [1.82, 2.24) is 55.0 Å². The van der Waals surface area contributed by atoms with Gasteiger partial charge in [0.1, 0.15) is 11.6 Å². The second-order valence-electron chi connectivity index (χ2n) is 34.3. The number of nitrogens with one attached hydrogen (secondary N) is 3. The molecule has 0 aliphatic carbocycles. The van der Waals surface area contributed by atoms with E-state index in [4.69, 9.17) is 25.7 Å². The summed E-state index contributed by atoms with van der Waals surface area (Å²) in [7, 11) is -4.59. The molecule has 790 valence electrons. The van der Waals surface area contributed by atoms with Gasteiger partial charge in [0.2, 0.25) is 31.9 Å². The van der Waals surface area contributed by atoms with Gasteiger partial charge in [-0.05, 0) is 303 Å². The lowest BCUT2D eigenvalue weighted by Gasteiger charge is -2.32. The van der Waals surface area contributed by atoms with Crippen molar-refractivity contribution < 1.29 is 69.4 Å². The number of aryl methyl sites for hydroxylation is 6. The lowest BCUT2D eigenvalue weighted by atomic mass is 9.80. The summed E-state index contributed by atoms with van der Waals surface area (Å²) in [5, 5.41) is 12.7. The Morgan fingerprint density at radius 1 is 0.517 bits per heavy atom. The first kappa shape index (κ1) is 125. The lowest BCUT2D eigenvalue weighted by Crippen LogP contribution is -2.41. The van der Waals surface area contributed by atoms with E-state index in [1.54, 1.807) is 156 Å². The van der Waals surface area contributed by atoms with Gasteiger partial charge in [0.15, 0.2) is 9.84 Å². The number of carbonyl (C=O) groups excluding carboxylic acids is 2. The van der Waals surface area contributed by atoms with Crippen molar-refractivity contribution >= 4 is 232 Å². The Balaban J connectivity index is 0.000000259. The molecule has 0 radical (unpaired) electrons. The summed E-state index contributed by atoms with van der Waals surface area (Å²) >= 11 is 16.5. The van der Waals surface area contributed by atoms with Crippen molar-refractivity contribution in [2.45, 2.75) is 120 Å². The van der Waals surface area contributed by atoms with Gasteiger partial charge in [-0.25, -0.2) is 60.5 Å². The number of sulfonamides is 4. The molecule has 5 N–H and O–H groups in total. The standard InChI is InChI=1S/C18H23N5O3S.C17H17BrN2O2S.C15H14BrNO2S.C13H19BN2O3.C11H16BrN3O2S.C9H9BrN2O2S.C8H7ClO2S.C6H7BrN2.C2H7N.CH4/c1-12-17(23-10-16(22(3)4)11-27(23,25)26)7-15(9-20-12)14-5-6-19-18(8-14)21-13(2)24;1-3-10-20(17-12-16(18)13-19-14(17)2)23(21,22)11-9-15-7-5-4-6-8-15;1-12-14(9-15(16)10-17-12)11-20(18,19)8-7-13-5-3-2-4-6-13;1-9(17)16-11-8-10(6-7-15-11)14-18-12(2,3)13(4,5)19-14;1-8-11(4-9(12)5-13-8)15-6-10(14(2)3)7-18(15,16)17;1-7-9(5-8(10)6-11-7)12-3-2-4-15(12,13)14;9-12(10,11)7-6-8-4-2-1-3-5-8;1-4-6(8)2-5(7)3-9-4;1-3-2;/h5-9,16H,10-11H2,1-4H3,(H,19,21,24);3-9,11-13H,1,10H2,2H3;2-10H,11H2,1H3;6-8H,1-5H3,(H,15,16,17);4-5,10H,6-7H2,1-3H3;2,4-6H,3H2,1H3;1-7H;2-3H,8H2,1H3;3H,1-2H3;1H4/b;11-9+;8-7+;;;;7-6+;;;. The van der Waals surface area contributed by atoms with Gasteiger partial charge in [0.05, 0.1) is 117 Å². The van der Waals surface area contributed by atoms with Crippen LogP contribution in [0, 0.1) is 41.5 Å². The molecule has 4 aliphatic heterocycles. The smallest absolute Gasteiger partial charge is 0.399 e. The van der Waals surface area contributed by atoms with Crippen LogP contribution in [0.4, 0.5) is 40.1 Å². The molecule has 0 bridgehead atoms. The zero-order chi connectivity index (χ0) is 109. The number of hydrogen-bond donors (Lipinski definition) is 4. The number of amides is 2.